The van der Waals surface area contributed by atoms with Gasteiger partial charge in [-0.25, -0.2) is 9.59 Å². The van der Waals surface area contributed by atoms with Gasteiger partial charge >= 0.3 is 11.9 Å². The average molecular weight is 446 g/mol. The number of nitrogens with zero attached hydrogens (tertiary/aromatic N) is 2. The topological polar surface area (TPSA) is 88.2 Å². The van der Waals surface area contributed by atoms with Crippen molar-refractivity contribution in [3.8, 4) is 0 Å². The van der Waals surface area contributed by atoms with Crippen LogP contribution in [0.3, 0.4) is 0 Å². The molecule has 1 aromatic carbocycles. The van der Waals surface area contributed by atoms with E-state index in [0.29, 0.717) is 16.1 Å². The zero-order valence-electron chi connectivity index (χ0n) is 17.9. The summed E-state index contributed by atoms with van der Waals surface area (Å²) in [5.41, 5.74) is 1.93. The van der Waals surface area contributed by atoms with E-state index in [-0.39, 0.29) is 31.1 Å². The van der Waals surface area contributed by atoms with E-state index < -0.39 is 5.97 Å². The minimum atomic E-state index is -0.431. The fourth-order valence-electron chi connectivity index (χ4n) is 3.52. The zero-order chi connectivity index (χ0) is 22.4. The quantitative estimate of drug-likeness (QED) is 0.656. The summed E-state index contributed by atoms with van der Waals surface area (Å²) in [6.07, 6.45) is 0. The minimum Gasteiger partial charge on any atom is -0.465 e. The van der Waals surface area contributed by atoms with Crippen molar-refractivity contribution in [2.24, 2.45) is 0 Å². The monoisotopic (exact) mass is 445 g/mol. The fraction of sp³-hybridized carbons (Fsp3) is 0.409. The number of piperazine rings is 1. The number of hydrogen-bond donors (Lipinski definition) is 1. The van der Waals surface area contributed by atoms with Crippen LogP contribution < -0.4 is 10.2 Å². The smallest absolute Gasteiger partial charge is 0.341 e. The number of methoxy groups -OCH3 is 1. The van der Waals surface area contributed by atoms with E-state index in [9.17, 15) is 14.4 Å². The lowest BCUT2D eigenvalue weighted by Crippen LogP contribution is -2.53. The third-order valence-corrected chi connectivity index (χ3v) is 6.01. The van der Waals surface area contributed by atoms with Crippen LogP contribution in [-0.4, -0.2) is 68.7 Å². The Morgan fingerprint density at radius 3 is 2.52 bits per heavy atom. The summed E-state index contributed by atoms with van der Waals surface area (Å²) in [6.45, 7) is 6.61. The van der Waals surface area contributed by atoms with Gasteiger partial charge in [0.1, 0.15) is 5.00 Å². The molecular weight excluding hydrogens is 418 g/mol. The van der Waals surface area contributed by atoms with Gasteiger partial charge in [-0.15, -0.1) is 11.3 Å². The summed E-state index contributed by atoms with van der Waals surface area (Å²) in [6, 6.07) is 9.16. The Labute approximate surface area is 185 Å². The van der Waals surface area contributed by atoms with Gasteiger partial charge in [-0.2, -0.15) is 0 Å². The largest absolute Gasteiger partial charge is 0.465 e. The Morgan fingerprint density at radius 2 is 1.87 bits per heavy atom. The first-order chi connectivity index (χ1) is 14.9. The molecule has 3 rings (SSSR count). The highest BCUT2D eigenvalue weighted by molar-refractivity contribution is 7.14. The van der Waals surface area contributed by atoms with Crippen molar-refractivity contribution in [1.29, 1.82) is 0 Å². The van der Waals surface area contributed by atoms with E-state index in [1.807, 2.05) is 12.1 Å². The summed E-state index contributed by atoms with van der Waals surface area (Å²) < 4.78 is 9.77. The van der Waals surface area contributed by atoms with Gasteiger partial charge in [0.2, 0.25) is 5.91 Å². The van der Waals surface area contributed by atoms with Crippen molar-refractivity contribution in [1.82, 2.24) is 4.90 Å². The van der Waals surface area contributed by atoms with Crippen LogP contribution in [0.4, 0.5) is 10.7 Å². The molecule has 0 bridgehead atoms. The van der Waals surface area contributed by atoms with E-state index in [1.54, 1.807) is 30.5 Å². The number of rotatable bonds is 7. The number of hydrogen-bond acceptors (Lipinski definition) is 8. The maximum atomic E-state index is 12.6. The molecule has 1 saturated heterocycles. The van der Waals surface area contributed by atoms with Gasteiger partial charge in [0.25, 0.3) is 0 Å². The number of amides is 1. The molecule has 1 unspecified atom stereocenters. The van der Waals surface area contributed by atoms with Gasteiger partial charge in [0.15, 0.2) is 0 Å². The standard InChI is InChI=1S/C22H27N3O5S/c1-4-30-22(28)18-9-12-31-20(18)23-19(26)14-24-10-11-25(13-15(24)2)17-7-5-16(6-8-17)21(27)29-3/h5-9,12,15H,4,10-11,13-14H2,1-3H3,(H,23,26). The molecule has 1 atom stereocenters. The Kier molecular flexibility index (Phi) is 7.64. The molecule has 1 N–H and O–H groups in total. The maximum absolute atomic E-state index is 12.6. The van der Waals surface area contributed by atoms with Crippen molar-refractivity contribution in [2.45, 2.75) is 19.9 Å². The Balaban J connectivity index is 1.55. The molecule has 9 heteroatoms. The number of carbonyl (C=O) groups is 3. The molecule has 166 valence electrons. The Hall–Kier alpha value is -2.91. The number of carbonyl (C=O) groups excluding carboxylic acids is 3. The van der Waals surface area contributed by atoms with Crippen LogP contribution in [-0.2, 0) is 14.3 Å². The number of esters is 2. The number of ether oxygens (including phenoxy) is 2. The summed E-state index contributed by atoms with van der Waals surface area (Å²) in [4.78, 5) is 40.5. The van der Waals surface area contributed by atoms with Crippen LogP contribution in [0, 0.1) is 0 Å². The molecule has 8 nitrogen and oxygen atoms in total. The van der Waals surface area contributed by atoms with Gasteiger partial charge in [-0.1, -0.05) is 0 Å². The van der Waals surface area contributed by atoms with Crippen LogP contribution >= 0.6 is 11.3 Å². The molecule has 1 aliphatic rings. The molecule has 31 heavy (non-hydrogen) atoms. The van der Waals surface area contributed by atoms with Crippen molar-refractivity contribution < 1.29 is 23.9 Å². The first kappa shape index (κ1) is 22.8. The summed E-state index contributed by atoms with van der Waals surface area (Å²) in [5.74, 6) is -0.942. The molecule has 1 aliphatic heterocycles. The fourth-order valence-corrected chi connectivity index (χ4v) is 4.31. The highest BCUT2D eigenvalue weighted by Crippen LogP contribution is 2.25. The SMILES string of the molecule is CCOC(=O)c1ccsc1NC(=O)CN1CCN(c2ccc(C(=O)OC)cc2)CC1C. The van der Waals surface area contributed by atoms with Crippen LogP contribution in [0.5, 0.6) is 0 Å². The van der Waals surface area contributed by atoms with Gasteiger partial charge in [-0.05, 0) is 49.6 Å². The number of thiophene rings is 1. The number of benzene rings is 1. The van der Waals surface area contributed by atoms with Crippen LogP contribution in [0.25, 0.3) is 0 Å². The first-order valence-corrected chi connectivity index (χ1v) is 11.0. The van der Waals surface area contributed by atoms with Crippen molar-refractivity contribution in [3.05, 3.63) is 46.8 Å². The maximum Gasteiger partial charge on any atom is 0.341 e. The van der Waals surface area contributed by atoms with Crippen LogP contribution in [0.1, 0.15) is 34.6 Å². The number of nitrogens with one attached hydrogen (secondary N) is 1. The zero-order valence-corrected chi connectivity index (χ0v) is 18.7. The molecule has 2 aromatic rings. The van der Waals surface area contributed by atoms with Crippen molar-refractivity contribution in [2.75, 3.05) is 50.1 Å². The van der Waals surface area contributed by atoms with E-state index in [1.165, 1.54) is 18.4 Å². The lowest BCUT2D eigenvalue weighted by atomic mass is 10.1. The van der Waals surface area contributed by atoms with Crippen molar-refractivity contribution >= 4 is 39.9 Å². The first-order valence-electron chi connectivity index (χ1n) is 10.1. The molecule has 0 aliphatic carbocycles. The predicted molar refractivity (Wildman–Crippen MR) is 120 cm³/mol. The second-order valence-electron chi connectivity index (χ2n) is 7.24. The van der Waals surface area contributed by atoms with Gasteiger partial charge in [-0.3, -0.25) is 9.69 Å². The third-order valence-electron chi connectivity index (χ3n) is 5.18. The molecule has 0 radical (unpaired) electrons. The lowest BCUT2D eigenvalue weighted by molar-refractivity contribution is -0.117. The van der Waals surface area contributed by atoms with E-state index in [0.717, 1.165) is 25.3 Å². The van der Waals surface area contributed by atoms with E-state index in [2.05, 4.69) is 22.0 Å². The molecule has 2 heterocycles. The second-order valence-corrected chi connectivity index (χ2v) is 8.15. The van der Waals surface area contributed by atoms with E-state index >= 15 is 0 Å². The molecule has 1 amide bonds. The highest BCUT2D eigenvalue weighted by Gasteiger charge is 2.26. The summed E-state index contributed by atoms with van der Waals surface area (Å²) in [5, 5.41) is 5.12. The number of anilines is 2. The van der Waals surface area contributed by atoms with Crippen LogP contribution in [0.2, 0.25) is 0 Å². The van der Waals surface area contributed by atoms with Crippen molar-refractivity contribution in [3.63, 3.8) is 0 Å². The second kappa shape index (κ2) is 10.4. The van der Waals surface area contributed by atoms with Gasteiger partial charge in [0.05, 0.1) is 31.4 Å². The third kappa shape index (κ3) is 5.62. The van der Waals surface area contributed by atoms with Crippen LogP contribution in [0.15, 0.2) is 35.7 Å². The van der Waals surface area contributed by atoms with Gasteiger partial charge in [0, 0.05) is 31.4 Å². The summed E-state index contributed by atoms with van der Waals surface area (Å²) >= 11 is 1.30. The highest BCUT2D eigenvalue weighted by atomic mass is 32.1. The Bertz CT molecular complexity index is 927. The summed E-state index contributed by atoms with van der Waals surface area (Å²) in [7, 11) is 1.36. The minimum absolute atomic E-state index is 0.157. The molecule has 0 spiro atoms. The normalized spacial score (nSPS) is 16.6. The molecular formula is C22H27N3O5S. The average Bonchev–Trinajstić information content (AvgIpc) is 3.23. The molecule has 1 aromatic heterocycles. The van der Waals surface area contributed by atoms with E-state index in [4.69, 9.17) is 9.47 Å². The lowest BCUT2D eigenvalue weighted by Gasteiger charge is -2.40. The Morgan fingerprint density at radius 1 is 1.13 bits per heavy atom. The predicted octanol–water partition coefficient (Wildman–Crippen LogP) is 2.86. The molecule has 1 fully saturated rings. The van der Waals surface area contributed by atoms with Gasteiger partial charge < -0.3 is 19.7 Å². The molecule has 0 saturated carbocycles.